The molecule has 14 heavy (non-hydrogen) atoms. The van der Waals surface area contributed by atoms with Gasteiger partial charge in [-0.25, -0.2) is 0 Å². The molecule has 0 saturated heterocycles. The van der Waals surface area contributed by atoms with Crippen LogP contribution in [-0.2, 0) is 0 Å². The molecule has 0 spiro atoms. The molecule has 0 aliphatic carbocycles. The smallest absolute Gasteiger partial charge is 0.258 e. The lowest BCUT2D eigenvalue weighted by Gasteiger charge is -1.97. The molecule has 0 amide bonds. The van der Waals surface area contributed by atoms with Crippen LogP contribution in [0.15, 0.2) is 31.7 Å². The lowest BCUT2D eigenvalue weighted by Crippen LogP contribution is -1.79. The molecule has 0 bridgehead atoms. The van der Waals surface area contributed by atoms with Crippen molar-refractivity contribution >= 4 is 54.5 Å². The maximum Gasteiger partial charge on any atom is 0.258 e. The first-order valence-corrected chi connectivity index (χ1v) is 6.27. The van der Waals surface area contributed by atoms with Gasteiger partial charge in [-0.2, -0.15) is 4.98 Å². The zero-order valence-corrected chi connectivity index (χ0v) is 12.0. The van der Waals surface area contributed by atoms with E-state index >= 15 is 0 Å². The molecule has 2 rings (SSSR count). The average Bonchev–Trinajstić information content (AvgIpc) is 2.50. The van der Waals surface area contributed by atoms with Crippen molar-refractivity contribution in [2.24, 2.45) is 0 Å². The second-order valence-electron chi connectivity index (χ2n) is 2.53. The van der Waals surface area contributed by atoms with Crippen LogP contribution in [0.1, 0.15) is 0 Å². The molecule has 0 N–H and O–H groups in total. The number of rotatable bonds is 1. The van der Waals surface area contributed by atoms with E-state index in [9.17, 15) is 0 Å². The molecule has 0 fully saturated rings. The molecule has 0 saturated carbocycles. The quantitative estimate of drug-likeness (QED) is 0.646. The van der Waals surface area contributed by atoms with Crippen LogP contribution in [-0.4, -0.2) is 10.1 Å². The molecule has 0 unspecified atom stereocenters. The Kier molecular flexibility index (Phi) is 3.23. The molecule has 1 aromatic carbocycles. The Bertz CT molecular complexity index is 452. The predicted molar refractivity (Wildman–Crippen MR) is 67.9 cm³/mol. The summed E-state index contributed by atoms with van der Waals surface area (Å²) in [5, 5.41) is 3.72. The third-order valence-electron chi connectivity index (χ3n) is 1.51. The van der Waals surface area contributed by atoms with Crippen LogP contribution in [0, 0.1) is 3.83 Å². The summed E-state index contributed by atoms with van der Waals surface area (Å²) in [6, 6.07) is 5.80. The molecular weight excluding hydrogens is 427 g/mol. The maximum absolute atomic E-state index is 5.05. The number of halogens is 3. The van der Waals surface area contributed by atoms with Crippen LogP contribution >= 0.6 is 54.5 Å². The van der Waals surface area contributed by atoms with E-state index in [0.29, 0.717) is 9.72 Å². The maximum atomic E-state index is 5.05. The highest BCUT2D eigenvalue weighted by Gasteiger charge is 2.08. The van der Waals surface area contributed by atoms with Gasteiger partial charge in [0.05, 0.1) is 0 Å². The van der Waals surface area contributed by atoms with Crippen LogP contribution < -0.4 is 0 Å². The fourth-order valence-electron chi connectivity index (χ4n) is 1.00. The molecule has 0 aliphatic rings. The standard InChI is InChI=1S/C8H3Br2IN2O/c9-5-1-4(2-6(10)3-5)7-12-8(11)13-14-7/h1-3H. The Morgan fingerprint density at radius 3 is 2.29 bits per heavy atom. The van der Waals surface area contributed by atoms with E-state index in [1.807, 2.05) is 40.8 Å². The van der Waals surface area contributed by atoms with Crippen LogP contribution in [0.4, 0.5) is 0 Å². The van der Waals surface area contributed by atoms with Gasteiger partial charge in [-0.3, -0.25) is 0 Å². The summed E-state index contributed by atoms with van der Waals surface area (Å²) in [5.74, 6) is 0.524. The summed E-state index contributed by atoms with van der Waals surface area (Å²) in [5.41, 5.74) is 0.890. The number of aromatic nitrogens is 2. The molecule has 3 nitrogen and oxygen atoms in total. The number of hydrogen-bond acceptors (Lipinski definition) is 3. The second kappa shape index (κ2) is 4.28. The fourth-order valence-corrected chi connectivity index (χ4v) is 2.61. The second-order valence-corrected chi connectivity index (χ2v) is 5.32. The number of nitrogens with zero attached hydrogens (tertiary/aromatic N) is 2. The van der Waals surface area contributed by atoms with Crippen molar-refractivity contribution in [3.8, 4) is 11.5 Å². The Hall–Kier alpha value is 0.0500. The van der Waals surface area contributed by atoms with E-state index in [1.54, 1.807) is 0 Å². The molecular formula is C8H3Br2IN2O. The summed E-state index contributed by atoms with van der Waals surface area (Å²) in [4.78, 5) is 4.13. The first-order chi connectivity index (χ1) is 6.65. The van der Waals surface area contributed by atoms with E-state index in [4.69, 9.17) is 4.52 Å². The Labute approximate surface area is 111 Å². The third-order valence-corrected chi connectivity index (χ3v) is 2.86. The fraction of sp³-hybridized carbons (Fsp3) is 0. The van der Waals surface area contributed by atoms with Gasteiger partial charge in [0.2, 0.25) is 3.83 Å². The van der Waals surface area contributed by atoms with Crippen molar-refractivity contribution in [1.29, 1.82) is 0 Å². The van der Waals surface area contributed by atoms with Crippen molar-refractivity contribution in [3.63, 3.8) is 0 Å². The van der Waals surface area contributed by atoms with Crippen molar-refractivity contribution in [1.82, 2.24) is 10.1 Å². The number of hydrogen-bond donors (Lipinski definition) is 0. The minimum absolute atomic E-state index is 0.524. The first-order valence-electron chi connectivity index (χ1n) is 3.61. The normalized spacial score (nSPS) is 10.5. The monoisotopic (exact) mass is 428 g/mol. The zero-order valence-electron chi connectivity index (χ0n) is 6.67. The van der Waals surface area contributed by atoms with Crippen molar-refractivity contribution in [3.05, 3.63) is 31.0 Å². The first kappa shape index (κ1) is 10.6. The SMILES string of the molecule is Brc1cc(Br)cc(-c2nc(I)no2)c1. The largest absolute Gasteiger partial charge is 0.333 e. The van der Waals surface area contributed by atoms with Gasteiger partial charge in [0.1, 0.15) is 0 Å². The van der Waals surface area contributed by atoms with Gasteiger partial charge in [-0.1, -0.05) is 37.0 Å². The molecule has 72 valence electrons. The van der Waals surface area contributed by atoms with E-state index < -0.39 is 0 Å². The van der Waals surface area contributed by atoms with Gasteiger partial charge in [-0.15, -0.1) is 0 Å². The van der Waals surface area contributed by atoms with Gasteiger partial charge in [0.15, 0.2) is 0 Å². The molecule has 2 aromatic rings. The average molecular weight is 430 g/mol. The van der Waals surface area contributed by atoms with Crippen molar-refractivity contribution < 1.29 is 4.52 Å². The highest BCUT2D eigenvalue weighted by Crippen LogP contribution is 2.26. The Morgan fingerprint density at radius 1 is 1.14 bits per heavy atom. The topological polar surface area (TPSA) is 38.9 Å². The summed E-state index contributed by atoms with van der Waals surface area (Å²) in [6.07, 6.45) is 0. The van der Waals surface area contributed by atoms with Gasteiger partial charge < -0.3 is 4.52 Å². The van der Waals surface area contributed by atoms with Crippen molar-refractivity contribution in [2.45, 2.75) is 0 Å². The lowest BCUT2D eigenvalue weighted by molar-refractivity contribution is 0.426. The molecule has 0 aliphatic heterocycles. The molecule has 1 aromatic heterocycles. The molecule has 0 radical (unpaired) electrons. The van der Waals surface area contributed by atoms with Gasteiger partial charge in [0.25, 0.3) is 5.89 Å². The van der Waals surface area contributed by atoms with E-state index in [0.717, 1.165) is 14.5 Å². The van der Waals surface area contributed by atoms with Gasteiger partial charge in [-0.05, 0) is 18.2 Å². The third kappa shape index (κ3) is 2.34. The lowest BCUT2D eigenvalue weighted by atomic mass is 10.2. The zero-order chi connectivity index (χ0) is 10.1. The van der Waals surface area contributed by atoms with E-state index in [1.165, 1.54) is 0 Å². The van der Waals surface area contributed by atoms with Gasteiger partial charge >= 0.3 is 0 Å². The molecule has 6 heteroatoms. The molecule has 1 heterocycles. The minimum Gasteiger partial charge on any atom is -0.333 e. The van der Waals surface area contributed by atoms with Crippen LogP contribution in [0.25, 0.3) is 11.5 Å². The predicted octanol–water partition coefficient (Wildman–Crippen LogP) is 3.87. The summed E-state index contributed by atoms with van der Waals surface area (Å²) < 4.78 is 7.59. The van der Waals surface area contributed by atoms with Crippen LogP contribution in [0.3, 0.4) is 0 Å². The number of benzene rings is 1. The van der Waals surface area contributed by atoms with E-state index in [-0.39, 0.29) is 0 Å². The van der Waals surface area contributed by atoms with Crippen molar-refractivity contribution in [2.75, 3.05) is 0 Å². The summed E-state index contributed by atoms with van der Waals surface area (Å²) in [7, 11) is 0. The van der Waals surface area contributed by atoms with Crippen LogP contribution in [0.5, 0.6) is 0 Å². The Morgan fingerprint density at radius 2 is 1.79 bits per heavy atom. The highest BCUT2D eigenvalue weighted by molar-refractivity contribution is 14.1. The van der Waals surface area contributed by atoms with Gasteiger partial charge in [0, 0.05) is 37.1 Å². The van der Waals surface area contributed by atoms with E-state index in [2.05, 4.69) is 42.0 Å². The summed E-state index contributed by atoms with van der Waals surface area (Å²) in [6.45, 7) is 0. The summed E-state index contributed by atoms with van der Waals surface area (Å²) >= 11 is 8.80. The van der Waals surface area contributed by atoms with Crippen LogP contribution in [0.2, 0.25) is 0 Å². The Balaban J connectivity index is 2.51. The molecule has 0 atom stereocenters. The minimum atomic E-state index is 0.524. The highest BCUT2D eigenvalue weighted by atomic mass is 127.